The molecule has 0 aliphatic heterocycles. The van der Waals surface area contributed by atoms with Gasteiger partial charge in [0.1, 0.15) is 24.4 Å². The van der Waals surface area contributed by atoms with Crippen LogP contribution in [-0.4, -0.2) is 37.2 Å². The Kier molecular flexibility index (Phi) is 6.30. The van der Waals surface area contributed by atoms with Gasteiger partial charge in [0.05, 0.1) is 11.0 Å². The summed E-state index contributed by atoms with van der Waals surface area (Å²) in [6, 6.07) is 5.41. The first kappa shape index (κ1) is 20.3. The molecule has 3 rings (SSSR count). The minimum absolute atomic E-state index is 0.187. The standard InChI is InChI=1S/C9H12ClN3O.C8H7F3O/c1-2-7(14)8(9(10)3-4-9)13-6-11-5-12-13;1-6-2-4-7(5-3-6)12-8(9,10)11/h2,5-8,14H,1,3-4H2;2-5H,1H3. The van der Waals surface area contributed by atoms with Crippen LogP contribution in [0.3, 0.4) is 0 Å². The zero-order valence-corrected chi connectivity index (χ0v) is 14.8. The Hall–Kier alpha value is -2.06. The molecule has 2 atom stereocenters. The molecule has 1 saturated carbocycles. The molecule has 1 aromatic carbocycles. The lowest BCUT2D eigenvalue weighted by Crippen LogP contribution is -2.32. The van der Waals surface area contributed by atoms with Crippen LogP contribution in [0.25, 0.3) is 0 Å². The molecule has 5 nitrogen and oxygen atoms in total. The third kappa shape index (κ3) is 5.74. The zero-order chi connectivity index (χ0) is 19.4. The van der Waals surface area contributed by atoms with Crippen LogP contribution in [0.2, 0.25) is 0 Å². The highest BCUT2D eigenvalue weighted by atomic mass is 35.5. The fourth-order valence-electron chi connectivity index (χ4n) is 2.34. The van der Waals surface area contributed by atoms with Gasteiger partial charge in [-0.2, -0.15) is 5.10 Å². The van der Waals surface area contributed by atoms with Crippen molar-refractivity contribution in [2.45, 2.75) is 43.1 Å². The second-order valence-corrected chi connectivity index (χ2v) is 6.69. The minimum atomic E-state index is -4.60. The largest absolute Gasteiger partial charge is 0.573 e. The van der Waals surface area contributed by atoms with Crippen molar-refractivity contribution in [2.24, 2.45) is 0 Å². The third-order valence-electron chi connectivity index (χ3n) is 3.80. The Bertz CT molecular complexity index is 701. The molecular weight excluding hydrogens is 371 g/mol. The molecule has 0 bridgehead atoms. The number of hydrogen-bond acceptors (Lipinski definition) is 4. The van der Waals surface area contributed by atoms with Gasteiger partial charge < -0.3 is 9.84 Å². The Morgan fingerprint density at radius 3 is 2.38 bits per heavy atom. The summed E-state index contributed by atoms with van der Waals surface area (Å²) in [6.07, 6.45) is 0.986. The van der Waals surface area contributed by atoms with Gasteiger partial charge >= 0.3 is 6.36 Å². The van der Waals surface area contributed by atoms with E-state index in [-0.39, 0.29) is 16.7 Å². The Morgan fingerprint density at radius 1 is 1.35 bits per heavy atom. The normalized spacial score (nSPS) is 17.5. The van der Waals surface area contributed by atoms with E-state index in [1.54, 1.807) is 30.1 Å². The number of aliphatic hydroxyl groups excluding tert-OH is 1. The van der Waals surface area contributed by atoms with Gasteiger partial charge in [-0.1, -0.05) is 23.8 Å². The maximum absolute atomic E-state index is 11.6. The molecule has 2 aromatic rings. The van der Waals surface area contributed by atoms with E-state index in [4.69, 9.17) is 11.6 Å². The number of hydrogen-bond donors (Lipinski definition) is 1. The highest BCUT2D eigenvalue weighted by Crippen LogP contribution is 2.52. The summed E-state index contributed by atoms with van der Waals surface area (Å²) < 4.78 is 40.1. The predicted molar refractivity (Wildman–Crippen MR) is 90.9 cm³/mol. The lowest BCUT2D eigenvalue weighted by Gasteiger charge is -2.24. The van der Waals surface area contributed by atoms with Crippen LogP contribution < -0.4 is 4.74 Å². The highest BCUT2D eigenvalue weighted by molar-refractivity contribution is 6.26. The van der Waals surface area contributed by atoms with Gasteiger partial charge in [-0.15, -0.1) is 31.4 Å². The van der Waals surface area contributed by atoms with Crippen molar-refractivity contribution in [1.82, 2.24) is 14.8 Å². The van der Waals surface area contributed by atoms with Crippen LogP contribution >= 0.6 is 11.6 Å². The number of nitrogens with zero attached hydrogens (tertiary/aromatic N) is 3. The number of aliphatic hydroxyl groups is 1. The van der Waals surface area contributed by atoms with E-state index in [0.717, 1.165) is 18.4 Å². The molecular formula is C17H19ClF3N3O2. The minimum Gasteiger partial charge on any atom is -0.406 e. The van der Waals surface area contributed by atoms with Gasteiger partial charge in [-0.25, -0.2) is 9.67 Å². The second kappa shape index (κ2) is 8.09. The zero-order valence-electron chi connectivity index (χ0n) is 14.0. The van der Waals surface area contributed by atoms with E-state index < -0.39 is 12.5 Å². The average Bonchev–Trinajstić information content (AvgIpc) is 3.08. The molecule has 0 saturated heterocycles. The average molecular weight is 390 g/mol. The molecule has 2 unspecified atom stereocenters. The summed E-state index contributed by atoms with van der Waals surface area (Å²) >= 11 is 6.28. The number of ether oxygens (including phenoxy) is 1. The third-order valence-corrected chi connectivity index (χ3v) is 4.40. The summed E-state index contributed by atoms with van der Waals surface area (Å²) in [5.41, 5.74) is 0.893. The van der Waals surface area contributed by atoms with Crippen molar-refractivity contribution >= 4 is 11.6 Å². The Labute approximate surface area is 154 Å². The Balaban J connectivity index is 0.000000190. The van der Waals surface area contributed by atoms with E-state index in [1.807, 2.05) is 0 Å². The molecule has 0 amide bonds. The lowest BCUT2D eigenvalue weighted by molar-refractivity contribution is -0.274. The van der Waals surface area contributed by atoms with E-state index in [0.29, 0.717) is 0 Å². The maximum Gasteiger partial charge on any atom is 0.573 e. The first-order chi connectivity index (χ1) is 12.1. The molecule has 142 valence electrons. The van der Waals surface area contributed by atoms with E-state index in [9.17, 15) is 18.3 Å². The SMILES string of the molecule is C=CC(O)C(n1cncn1)C1(Cl)CC1.Cc1ccc(OC(F)(F)F)cc1. The fourth-order valence-corrected chi connectivity index (χ4v) is 2.67. The molecule has 1 aliphatic rings. The molecule has 1 heterocycles. The number of rotatable bonds is 5. The van der Waals surface area contributed by atoms with E-state index >= 15 is 0 Å². The van der Waals surface area contributed by atoms with Crippen LogP contribution in [0.4, 0.5) is 13.2 Å². The van der Waals surface area contributed by atoms with Crippen molar-refractivity contribution in [1.29, 1.82) is 0 Å². The van der Waals surface area contributed by atoms with Gasteiger partial charge in [-0.05, 0) is 31.9 Å². The van der Waals surface area contributed by atoms with E-state index in [1.165, 1.54) is 24.5 Å². The van der Waals surface area contributed by atoms with Gasteiger partial charge in [0.2, 0.25) is 0 Å². The van der Waals surface area contributed by atoms with Gasteiger partial charge in [0, 0.05) is 0 Å². The van der Waals surface area contributed by atoms with E-state index in [2.05, 4.69) is 21.4 Å². The summed E-state index contributed by atoms with van der Waals surface area (Å²) in [4.78, 5) is 3.48. The molecule has 0 radical (unpaired) electrons. The molecule has 1 N–H and O–H groups in total. The monoisotopic (exact) mass is 389 g/mol. The molecule has 1 aromatic heterocycles. The molecule has 26 heavy (non-hydrogen) atoms. The van der Waals surface area contributed by atoms with Crippen molar-refractivity contribution in [3.05, 3.63) is 55.1 Å². The van der Waals surface area contributed by atoms with Crippen LogP contribution in [0, 0.1) is 6.92 Å². The summed E-state index contributed by atoms with van der Waals surface area (Å²) in [7, 11) is 0. The maximum atomic E-state index is 11.6. The summed E-state index contributed by atoms with van der Waals surface area (Å²) in [5, 5.41) is 13.8. The summed E-state index contributed by atoms with van der Waals surface area (Å²) in [5.74, 6) is -0.187. The fraction of sp³-hybridized carbons (Fsp3) is 0.412. The van der Waals surface area contributed by atoms with Crippen molar-refractivity contribution in [2.75, 3.05) is 0 Å². The lowest BCUT2D eigenvalue weighted by atomic mass is 10.1. The van der Waals surface area contributed by atoms with Crippen molar-refractivity contribution in [3.63, 3.8) is 0 Å². The van der Waals surface area contributed by atoms with Crippen LogP contribution in [0.1, 0.15) is 24.4 Å². The predicted octanol–water partition coefficient (Wildman–Crippen LogP) is 4.03. The smallest absolute Gasteiger partial charge is 0.406 e. The van der Waals surface area contributed by atoms with Crippen molar-refractivity contribution < 1.29 is 23.0 Å². The number of halogens is 4. The van der Waals surface area contributed by atoms with Gasteiger partial charge in [-0.3, -0.25) is 0 Å². The van der Waals surface area contributed by atoms with Gasteiger partial charge in [0.25, 0.3) is 0 Å². The first-order valence-corrected chi connectivity index (χ1v) is 8.18. The van der Waals surface area contributed by atoms with Crippen molar-refractivity contribution in [3.8, 4) is 5.75 Å². The number of benzene rings is 1. The number of alkyl halides is 4. The van der Waals surface area contributed by atoms with Crippen LogP contribution in [0.5, 0.6) is 5.75 Å². The Morgan fingerprint density at radius 2 is 1.96 bits per heavy atom. The quantitative estimate of drug-likeness (QED) is 0.619. The second-order valence-electron chi connectivity index (χ2n) is 5.94. The highest BCUT2D eigenvalue weighted by Gasteiger charge is 2.51. The topological polar surface area (TPSA) is 60.2 Å². The number of aryl methyl sites for hydroxylation is 1. The van der Waals surface area contributed by atoms with Gasteiger partial charge in [0.15, 0.2) is 0 Å². The number of aromatic nitrogens is 3. The molecule has 0 spiro atoms. The van der Waals surface area contributed by atoms with Crippen LogP contribution in [-0.2, 0) is 0 Å². The molecule has 1 aliphatic carbocycles. The molecule has 9 heteroatoms. The summed E-state index contributed by atoms with van der Waals surface area (Å²) in [6.45, 7) is 5.35. The first-order valence-electron chi connectivity index (χ1n) is 7.81. The molecule has 1 fully saturated rings. The van der Waals surface area contributed by atoms with Crippen LogP contribution in [0.15, 0.2) is 49.6 Å².